The van der Waals surface area contributed by atoms with Crippen LogP contribution in [0.5, 0.6) is 0 Å². The number of imidazole rings is 1. The van der Waals surface area contributed by atoms with E-state index in [2.05, 4.69) is 27.1 Å². The van der Waals surface area contributed by atoms with Crippen LogP contribution in [0.25, 0.3) is 0 Å². The summed E-state index contributed by atoms with van der Waals surface area (Å²) in [5.74, 6) is 0.995. The number of likely N-dealkylation sites (N-methyl/N-ethyl adjacent to an activating group) is 1. The summed E-state index contributed by atoms with van der Waals surface area (Å²) in [6.45, 7) is 7.22. The van der Waals surface area contributed by atoms with Crippen LogP contribution in [-0.4, -0.2) is 56.5 Å². The van der Waals surface area contributed by atoms with E-state index in [1.165, 1.54) is 0 Å². The largest absolute Gasteiger partial charge is 0.337 e. The van der Waals surface area contributed by atoms with Gasteiger partial charge in [-0.3, -0.25) is 9.88 Å². The third-order valence-corrected chi connectivity index (χ3v) is 4.60. The number of urea groups is 1. The van der Waals surface area contributed by atoms with Crippen molar-refractivity contribution in [1.29, 1.82) is 0 Å². The average Bonchev–Trinajstić information content (AvgIpc) is 3.02. The summed E-state index contributed by atoms with van der Waals surface area (Å²) in [5.41, 5.74) is 1.76. The topological polar surface area (TPSA) is 66.3 Å². The first-order valence-electron chi connectivity index (χ1n) is 8.28. The molecule has 1 N–H and O–H groups in total. The molecular weight excluding hydrogens is 304 g/mol. The number of hydrogen-bond acceptors (Lipinski definition) is 4. The van der Waals surface area contributed by atoms with Crippen molar-refractivity contribution in [2.75, 3.05) is 31.5 Å². The number of nitrogens with one attached hydrogen (secondary N) is 1. The molecule has 7 nitrogen and oxygen atoms in total. The molecule has 2 aromatic rings. The zero-order chi connectivity index (χ0) is 17.1. The molecule has 2 amide bonds. The Balaban J connectivity index is 1.74. The van der Waals surface area contributed by atoms with Crippen molar-refractivity contribution in [1.82, 2.24) is 24.3 Å². The third-order valence-electron chi connectivity index (χ3n) is 4.60. The van der Waals surface area contributed by atoms with Gasteiger partial charge in [0.2, 0.25) is 0 Å². The maximum Gasteiger partial charge on any atom is 0.321 e. The number of carbonyl (C=O) groups is 1. The molecule has 0 radical (unpaired) electrons. The zero-order valence-corrected chi connectivity index (χ0v) is 14.4. The summed E-state index contributed by atoms with van der Waals surface area (Å²) < 4.78 is 2.03. The van der Waals surface area contributed by atoms with Crippen molar-refractivity contribution in [3.63, 3.8) is 0 Å². The van der Waals surface area contributed by atoms with Gasteiger partial charge in [0.25, 0.3) is 0 Å². The first kappa shape index (κ1) is 16.4. The predicted octanol–water partition coefficient (Wildman–Crippen LogP) is 2.03. The second-order valence-electron chi connectivity index (χ2n) is 6.11. The molecule has 2 aromatic heterocycles. The molecule has 1 unspecified atom stereocenters. The number of aryl methyl sites for hydroxylation is 2. The molecule has 3 rings (SSSR count). The molecule has 1 aliphatic heterocycles. The van der Waals surface area contributed by atoms with E-state index >= 15 is 0 Å². The van der Waals surface area contributed by atoms with Gasteiger partial charge in [0, 0.05) is 57.2 Å². The molecule has 128 valence electrons. The van der Waals surface area contributed by atoms with Gasteiger partial charge in [0.1, 0.15) is 5.82 Å². The molecule has 24 heavy (non-hydrogen) atoms. The highest BCUT2D eigenvalue weighted by molar-refractivity contribution is 5.90. The van der Waals surface area contributed by atoms with Crippen molar-refractivity contribution >= 4 is 11.7 Å². The van der Waals surface area contributed by atoms with Crippen molar-refractivity contribution < 1.29 is 4.79 Å². The first-order valence-corrected chi connectivity index (χ1v) is 8.28. The number of pyridine rings is 1. The van der Waals surface area contributed by atoms with E-state index in [9.17, 15) is 4.79 Å². The van der Waals surface area contributed by atoms with Gasteiger partial charge in [0.15, 0.2) is 0 Å². The Bertz CT molecular complexity index is 713. The van der Waals surface area contributed by atoms with Crippen molar-refractivity contribution in [3.8, 4) is 0 Å². The van der Waals surface area contributed by atoms with Crippen LogP contribution in [0.1, 0.15) is 24.4 Å². The summed E-state index contributed by atoms with van der Waals surface area (Å²) in [6, 6.07) is 1.87. The minimum Gasteiger partial charge on any atom is -0.337 e. The van der Waals surface area contributed by atoms with Crippen molar-refractivity contribution in [2.45, 2.75) is 19.9 Å². The van der Waals surface area contributed by atoms with E-state index < -0.39 is 0 Å². The molecule has 0 aromatic carbocycles. The molecule has 0 aliphatic carbocycles. The molecular formula is C17H24N6O. The van der Waals surface area contributed by atoms with E-state index in [1.807, 2.05) is 41.9 Å². The zero-order valence-electron chi connectivity index (χ0n) is 14.4. The van der Waals surface area contributed by atoms with E-state index in [1.54, 1.807) is 12.4 Å². The lowest BCUT2D eigenvalue weighted by Gasteiger charge is -2.40. The first-order chi connectivity index (χ1) is 11.6. The van der Waals surface area contributed by atoms with Crippen LogP contribution in [0.2, 0.25) is 0 Å². The van der Waals surface area contributed by atoms with Crippen LogP contribution >= 0.6 is 0 Å². The fraction of sp³-hybridized carbons (Fsp3) is 0.471. The second kappa shape index (κ2) is 7.00. The monoisotopic (exact) mass is 328 g/mol. The normalized spacial score (nSPS) is 18.6. The molecule has 1 fully saturated rings. The third kappa shape index (κ3) is 3.26. The van der Waals surface area contributed by atoms with Gasteiger partial charge < -0.3 is 14.8 Å². The number of hydrogen-bond donors (Lipinski definition) is 1. The van der Waals surface area contributed by atoms with Gasteiger partial charge in [-0.15, -0.1) is 0 Å². The van der Waals surface area contributed by atoms with Gasteiger partial charge >= 0.3 is 6.03 Å². The van der Waals surface area contributed by atoms with Gasteiger partial charge in [-0.05, 0) is 25.1 Å². The number of carbonyl (C=O) groups excluding carboxylic acids is 1. The predicted molar refractivity (Wildman–Crippen MR) is 92.8 cm³/mol. The molecule has 7 heteroatoms. The average molecular weight is 328 g/mol. The lowest BCUT2D eigenvalue weighted by molar-refractivity contribution is 0.0927. The number of piperazine rings is 1. The number of aromatic nitrogens is 3. The molecule has 1 atom stereocenters. The van der Waals surface area contributed by atoms with Crippen molar-refractivity contribution in [2.24, 2.45) is 7.05 Å². The van der Waals surface area contributed by atoms with E-state index in [4.69, 9.17) is 0 Å². The Labute approximate surface area is 142 Å². The summed E-state index contributed by atoms with van der Waals surface area (Å²) in [7, 11) is 2.00. The summed E-state index contributed by atoms with van der Waals surface area (Å²) in [6.07, 6.45) is 7.20. The summed E-state index contributed by atoms with van der Waals surface area (Å²) in [4.78, 5) is 25.4. The number of anilines is 1. The molecule has 0 spiro atoms. The number of nitrogens with zero attached hydrogens (tertiary/aromatic N) is 5. The van der Waals surface area contributed by atoms with Crippen LogP contribution < -0.4 is 5.32 Å². The highest BCUT2D eigenvalue weighted by Crippen LogP contribution is 2.24. The Morgan fingerprint density at radius 3 is 2.88 bits per heavy atom. The lowest BCUT2D eigenvalue weighted by Crippen LogP contribution is -2.52. The Hall–Kier alpha value is -2.41. The minimum absolute atomic E-state index is 0.0701. The fourth-order valence-electron chi connectivity index (χ4n) is 3.13. The smallest absolute Gasteiger partial charge is 0.321 e. The molecule has 1 saturated heterocycles. The maximum absolute atomic E-state index is 12.7. The summed E-state index contributed by atoms with van der Waals surface area (Å²) in [5, 5.41) is 2.99. The van der Waals surface area contributed by atoms with Gasteiger partial charge in [-0.2, -0.15) is 0 Å². The SMILES string of the molecule is CCN1CCN(C(=O)Nc2ccncc2C)CC1c1nccn1C. The van der Waals surface area contributed by atoms with E-state index in [-0.39, 0.29) is 12.1 Å². The summed E-state index contributed by atoms with van der Waals surface area (Å²) >= 11 is 0. The number of rotatable bonds is 3. The standard InChI is InChI=1S/C17H24N6O/c1-4-22-9-10-23(12-15(22)16-19-7-8-21(16)3)17(24)20-14-5-6-18-11-13(14)2/h5-8,11,15H,4,9-10,12H2,1-3H3,(H,18,20,24). The Kier molecular flexibility index (Phi) is 4.80. The van der Waals surface area contributed by atoms with Crippen LogP contribution in [0.3, 0.4) is 0 Å². The number of amides is 2. The second-order valence-corrected chi connectivity index (χ2v) is 6.11. The van der Waals surface area contributed by atoms with E-state index in [0.29, 0.717) is 13.1 Å². The van der Waals surface area contributed by atoms with Crippen LogP contribution in [-0.2, 0) is 7.05 Å². The quantitative estimate of drug-likeness (QED) is 0.936. The molecule has 0 bridgehead atoms. The fourth-order valence-corrected chi connectivity index (χ4v) is 3.13. The van der Waals surface area contributed by atoms with Gasteiger partial charge in [-0.1, -0.05) is 6.92 Å². The van der Waals surface area contributed by atoms with E-state index in [0.717, 1.165) is 30.2 Å². The van der Waals surface area contributed by atoms with Crippen LogP contribution in [0, 0.1) is 6.92 Å². The van der Waals surface area contributed by atoms with Gasteiger partial charge in [0.05, 0.1) is 6.04 Å². The molecule has 1 aliphatic rings. The van der Waals surface area contributed by atoms with Crippen LogP contribution in [0.4, 0.5) is 10.5 Å². The Morgan fingerprint density at radius 2 is 2.21 bits per heavy atom. The Morgan fingerprint density at radius 1 is 1.38 bits per heavy atom. The van der Waals surface area contributed by atoms with Crippen molar-refractivity contribution in [3.05, 3.63) is 42.2 Å². The maximum atomic E-state index is 12.7. The highest BCUT2D eigenvalue weighted by atomic mass is 16.2. The lowest BCUT2D eigenvalue weighted by atomic mass is 10.1. The van der Waals surface area contributed by atoms with Gasteiger partial charge in [-0.25, -0.2) is 9.78 Å². The molecule has 3 heterocycles. The molecule has 0 saturated carbocycles. The highest BCUT2D eigenvalue weighted by Gasteiger charge is 2.32. The van der Waals surface area contributed by atoms with Crippen LogP contribution in [0.15, 0.2) is 30.9 Å². The minimum atomic E-state index is -0.0701.